The third-order valence-electron chi connectivity index (χ3n) is 0.658. The number of halogens is 3. The molecule has 0 aromatic carbocycles. The Hall–Kier alpha value is -0.390. The molecule has 0 amide bonds. The fourth-order valence-corrected chi connectivity index (χ4v) is 0.753. The van der Waals surface area contributed by atoms with Crippen LogP contribution in [-0.2, 0) is 4.79 Å². The summed E-state index contributed by atoms with van der Waals surface area (Å²) in [5, 5.41) is 6.59. The molecule has 1 N–H and O–H groups in total. The second kappa shape index (κ2) is 3.14. The van der Waals surface area contributed by atoms with Crippen molar-refractivity contribution in [2.75, 3.05) is 0 Å². The summed E-state index contributed by atoms with van der Waals surface area (Å²) < 4.78 is 34.1. The van der Waals surface area contributed by atoms with Gasteiger partial charge in [0, 0.05) is 0 Å². The average molecular weight is 174 g/mol. The average Bonchev–Trinajstić information content (AvgIpc) is 1.60. The molecule has 0 spiro atoms. The zero-order valence-electron chi connectivity index (χ0n) is 4.97. The van der Waals surface area contributed by atoms with Crippen molar-refractivity contribution in [3.63, 3.8) is 0 Å². The van der Waals surface area contributed by atoms with Crippen LogP contribution < -0.4 is 0 Å². The molecule has 0 aromatic heterocycles. The Bertz CT molecular complexity index is 133. The van der Waals surface area contributed by atoms with Crippen molar-refractivity contribution in [3.8, 4) is 0 Å². The fourth-order valence-electron chi connectivity index (χ4n) is 0.251. The lowest BCUT2D eigenvalue weighted by Gasteiger charge is -2.07. The molecule has 0 bridgehead atoms. The third-order valence-corrected chi connectivity index (χ3v) is 1.48. The summed E-state index contributed by atoms with van der Waals surface area (Å²) in [5.41, 5.74) is -4.46. The summed E-state index contributed by atoms with van der Waals surface area (Å²) in [7, 11) is 0. The highest BCUT2D eigenvalue weighted by Crippen LogP contribution is 2.33. The first-order chi connectivity index (χ1) is 4.33. The Kier molecular flexibility index (Phi) is 3.01. The van der Waals surface area contributed by atoms with Crippen LogP contribution in [0.3, 0.4) is 0 Å². The number of rotatable bonds is 2. The van der Waals surface area contributed by atoms with Gasteiger partial charge < -0.3 is 5.11 Å². The summed E-state index contributed by atoms with van der Waals surface area (Å²) in [6.07, 6.45) is 0. The van der Waals surface area contributed by atoms with Crippen molar-refractivity contribution in [2.24, 2.45) is 0 Å². The molecule has 0 aliphatic heterocycles. The molecule has 10 heavy (non-hydrogen) atoms. The molecule has 0 saturated carbocycles. The Balaban J connectivity index is 3.80. The van der Waals surface area contributed by atoms with Gasteiger partial charge in [0.1, 0.15) is 5.25 Å². The molecule has 0 aliphatic carbocycles. The lowest BCUT2D eigenvalue weighted by Crippen LogP contribution is -2.17. The topological polar surface area (TPSA) is 37.3 Å². The molecule has 0 fully saturated rings. The van der Waals surface area contributed by atoms with Crippen LogP contribution in [0.15, 0.2) is 0 Å². The Morgan fingerprint density at radius 3 is 2.10 bits per heavy atom. The van der Waals surface area contributed by atoms with E-state index in [2.05, 4.69) is 0 Å². The Morgan fingerprint density at radius 1 is 1.60 bits per heavy atom. The van der Waals surface area contributed by atoms with Crippen LogP contribution in [0.25, 0.3) is 0 Å². The first-order valence-electron chi connectivity index (χ1n) is 2.30. The van der Waals surface area contributed by atoms with Gasteiger partial charge in [-0.1, -0.05) is 0 Å². The van der Waals surface area contributed by atoms with Gasteiger partial charge in [-0.2, -0.15) is 13.2 Å². The zero-order chi connectivity index (χ0) is 8.36. The number of aliphatic carboxylic acids is 1. The molecule has 0 saturated heterocycles. The van der Waals surface area contributed by atoms with Crippen molar-refractivity contribution in [1.29, 1.82) is 0 Å². The molecule has 60 valence electrons. The zero-order valence-corrected chi connectivity index (χ0v) is 5.79. The van der Waals surface area contributed by atoms with Gasteiger partial charge >= 0.3 is 11.5 Å². The number of carboxylic acids is 1. The van der Waals surface area contributed by atoms with E-state index in [-0.39, 0.29) is 0 Å². The summed E-state index contributed by atoms with van der Waals surface area (Å²) in [6.45, 7) is 0.987. The highest BCUT2D eigenvalue weighted by molar-refractivity contribution is 8.01. The Morgan fingerprint density at radius 2 is 2.00 bits per heavy atom. The predicted octanol–water partition coefficient (Wildman–Crippen LogP) is 1.71. The molecule has 0 heterocycles. The Labute approximate surface area is 59.4 Å². The first-order valence-corrected chi connectivity index (χ1v) is 3.18. The van der Waals surface area contributed by atoms with Crippen LogP contribution in [0.2, 0.25) is 0 Å². The predicted molar refractivity (Wildman–Crippen MR) is 30.7 cm³/mol. The lowest BCUT2D eigenvalue weighted by molar-refractivity contribution is -0.136. The van der Waals surface area contributed by atoms with E-state index in [0.29, 0.717) is 0 Å². The summed E-state index contributed by atoms with van der Waals surface area (Å²) in [4.78, 5) is 9.86. The first kappa shape index (κ1) is 9.61. The normalized spacial score (nSPS) is 14.8. The monoisotopic (exact) mass is 174 g/mol. The second-order valence-electron chi connectivity index (χ2n) is 1.54. The lowest BCUT2D eigenvalue weighted by atomic mass is 10.5. The third kappa shape index (κ3) is 4.49. The van der Waals surface area contributed by atoms with Crippen LogP contribution in [0.5, 0.6) is 0 Å². The minimum absolute atomic E-state index is 0.535. The number of hydrogen-bond donors (Lipinski definition) is 1. The molecule has 0 aromatic rings. The van der Waals surface area contributed by atoms with Gasteiger partial charge in [0.25, 0.3) is 0 Å². The summed E-state index contributed by atoms with van der Waals surface area (Å²) in [6, 6.07) is 0. The van der Waals surface area contributed by atoms with Gasteiger partial charge in [0.15, 0.2) is 0 Å². The van der Waals surface area contributed by atoms with E-state index in [4.69, 9.17) is 5.11 Å². The quantitative estimate of drug-likeness (QED) is 0.692. The minimum atomic E-state index is -4.46. The number of carboxylic acid groups (broad SMARTS) is 1. The van der Waals surface area contributed by atoms with E-state index >= 15 is 0 Å². The van der Waals surface area contributed by atoms with Crippen molar-refractivity contribution in [3.05, 3.63) is 0 Å². The van der Waals surface area contributed by atoms with Crippen LogP contribution in [0.1, 0.15) is 6.92 Å². The maximum atomic E-state index is 11.4. The molecule has 1 atom stereocenters. The smallest absolute Gasteiger partial charge is 0.442 e. The number of thioether (sulfide) groups is 1. The van der Waals surface area contributed by atoms with E-state index < -0.39 is 28.5 Å². The van der Waals surface area contributed by atoms with Crippen LogP contribution >= 0.6 is 11.8 Å². The van der Waals surface area contributed by atoms with E-state index in [1.807, 2.05) is 0 Å². The van der Waals surface area contributed by atoms with Crippen LogP contribution in [-0.4, -0.2) is 21.8 Å². The van der Waals surface area contributed by atoms with Gasteiger partial charge in [-0.25, -0.2) is 0 Å². The highest BCUT2D eigenvalue weighted by Gasteiger charge is 2.33. The van der Waals surface area contributed by atoms with E-state index in [9.17, 15) is 18.0 Å². The van der Waals surface area contributed by atoms with Gasteiger partial charge in [0.2, 0.25) is 0 Å². The standard InChI is InChI=1S/C4H5F3O2S/c1-2(3(8)9)10-4(5,6)7/h2H,1H3,(H,8,9). The SMILES string of the molecule is CC(SC(F)(F)F)C(=O)O. The largest absolute Gasteiger partial charge is 0.480 e. The maximum absolute atomic E-state index is 11.4. The molecule has 0 aliphatic rings. The molecule has 1 unspecified atom stereocenters. The highest BCUT2D eigenvalue weighted by atomic mass is 32.2. The molecular weight excluding hydrogens is 169 g/mol. The molecule has 2 nitrogen and oxygen atoms in total. The van der Waals surface area contributed by atoms with E-state index in [1.165, 1.54) is 0 Å². The fraction of sp³-hybridized carbons (Fsp3) is 0.750. The van der Waals surface area contributed by atoms with E-state index in [0.717, 1.165) is 6.92 Å². The van der Waals surface area contributed by atoms with Crippen molar-refractivity contribution < 1.29 is 23.1 Å². The molecular formula is C4H5F3O2S. The van der Waals surface area contributed by atoms with E-state index in [1.54, 1.807) is 0 Å². The molecule has 0 radical (unpaired) electrons. The number of alkyl halides is 3. The number of carbonyl (C=O) groups is 1. The van der Waals surface area contributed by atoms with Crippen LogP contribution in [0.4, 0.5) is 13.2 Å². The van der Waals surface area contributed by atoms with Crippen molar-refractivity contribution >= 4 is 17.7 Å². The van der Waals surface area contributed by atoms with Crippen molar-refractivity contribution in [1.82, 2.24) is 0 Å². The van der Waals surface area contributed by atoms with Gasteiger partial charge in [-0.05, 0) is 18.7 Å². The minimum Gasteiger partial charge on any atom is -0.480 e. The second-order valence-corrected chi connectivity index (χ2v) is 2.95. The van der Waals surface area contributed by atoms with Gasteiger partial charge in [0.05, 0.1) is 0 Å². The van der Waals surface area contributed by atoms with Crippen LogP contribution in [0, 0.1) is 0 Å². The maximum Gasteiger partial charge on any atom is 0.442 e. The summed E-state index contributed by atoms with van der Waals surface area (Å²) in [5.74, 6) is -1.46. The van der Waals surface area contributed by atoms with Crippen molar-refractivity contribution in [2.45, 2.75) is 17.7 Å². The molecule has 0 rings (SSSR count). The van der Waals surface area contributed by atoms with Gasteiger partial charge in [-0.3, -0.25) is 4.79 Å². The molecule has 6 heteroatoms. The summed E-state index contributed by atoms with van der Waals surface area (Å²) >= 11 is -0.535. The van der Waals surface area contributed by atoms with Gasteiger partial charge in [-0.15, -0.1) is 0 Å². The number of hydrogen-bond acceptors (Lipinski definition) is 2.